The fourth-order valence-corrected chi connectivity index (χ4v) is 2.31. The summed E-state index contributed by atoms with van der Waals surface area (Å²) >= 11 is 1.60. The molecule has 2 rings (SSSR count). The predicted molar refractivity (Wildman–Crippen MR) is 67.2 cm³/mol. The van der Waals surface area contributed by atoms with Crippen LogP contribution in [0.3, 0.4) is 0 Å². The van der Waals surface area contributed by atoms with Gasteiger partial charge in [0, 0.05) is 4.90 Å². The van der Waals surface area contributed by atoms with Crippen LogP contribution in [0.1, 0.15) is 18.3 Å². The molecule has 0 amide bonds. The Bertz CT molecular complexity index is 647. The average Bonchev–Trinajstić information content (AvgIpc) is 2.87. The third kappa shape index (κ3) is 2.20. The van der Waals surface area contributed by atoms with E-state index in [1.807, 2.05) is 25.1 Å². The Kier molecular flexibility index (Phi) is 3.61. The van der Waals surface area contributed by atoms with Gasteiger partial charge in [-0.3, -0.25) is 0 Å². The summed E-state index contributed by atoms with van der Waals surface area (Å²) in [5.41, 5.74) is 1.20. The molecule has 18 heavy (non-hydrogen) atoms. The van der Waals surface area contributed by atoms with Crippen LogP contribution < -0.4 is 0 Å². The van der Waals surface area contributed by atoms with Gasteiger partial charge >= 0.3 is 0 Å². The van der Waals surface area contributed by atoms with Crippen LogP contribution in [0.4, 0.5) is 0 Å². The molecule has 1 aromatic heterocycles. The van der Waals surface area contributed by atoms with E-state index < -0.39 is 0 Å². The lowest BCUT2D eigenvalue weighted by molar-refractivity contribution is 0.865. The molecule has 6 heteroatoms. The molecule has 0 fully saturated rings. The lowest BCUT2D eigenvalue weighted by Gasteiger charge is -2.07. The third-order valence-electron chi connectivity index (χ3n) is 2.25. The average molecular weight is 255 g/mol. The molecule has 2 aromatic rings. The second-order valence-corrected chi connectivity index (χ2v) is 4.63. The van der Waals surface area contributed by atoms with Crippen molar-refractivity contribution in [3.05, 3.63) is 35.9 Å². The molecule has 0 atom stereocenters. The number of aromatic nitrogens is 3. The standard InChI is InChI=1S/C12H9N5S/c1-2-18-11-5-3-4-10(9(11)6-13)17-8-15-12(7-14)16-17/h3-5,8H,2H2,1H3. The number of rotatable bonds is 3. The van der Waals surface area contributed by atoms with Crippen LogP contribution in [-0.4, -0.2) is 20.5 Å². The molecule has 1 aromatic carbocycles. The molecule has 0 saturated heterocycles. The Morgan fingerprint density at radius 3 is 2.78 bits per heavy atom. The Morgan fingerprint density at radius 1 is 1.33 bits per heavy atom. The maximum absolute atomic E-state index is 9.26. The lowest BCUT2D eigenvalue weighted by Crippen LogP contribution is -2.00. The highest BCUT2D eigenvalue weighted by Gasteiger charge is 2.11. The second-order valence-electron chi connectivity index (χ2n) is 3.32. The van der Waals surface area contributed by atoms with Gasteiger partial charge in [0.2, 0.25) is 0 Å². The topological polar surface area (TPSA) is 78.3 Å². The van der Waals surface area contributed by atoms with Crippen LogP contribution in [0.5, 0.6) is 0 Å². The van der Waals surface area contributed by atoms with Gasteiger partial charge in [0.05, 0.1) is 11.3 Å². The Labute approximate surface area is 109 Å². The molecular weight excluding hydrogens is 246 g/mol. The van der Waals surface area contributed by atoms with Gasteiger partial charge in [-0.05, 0) is 17.9 Å². The minimum absolute atomic E-state index is 0.0902. The molecule has 0 aliphatic carbocycles. The minimum Gasteiger partial charge on any atom is -0.218 e. The lowest BCUT2D eigenvalue weighted by atomic mass is 10.2. The number of hydrogen-bond donors (Lipinski definition) is 0. The number of hydrogen-bond acceptors (Lipinski definition) is 5. The molecule has 0 bridgehead atoms. The van der Waals surface area contributed by atoms with Crippen LogP contribution in [-0.2, 0) is 0 Å². The van der Waals surface area contributed by atoms with Crippen molar-refractivity contribution in [2.75, 3.05) is 5.75 Å². The summed E-state index contributed by atoms with van der Waals surface area (Å²) in [4.78, 5) is 4.75. The van der Waals surface area contributed by atoms with Gasteiger partial charge in [0.15, 0.2) is 0 Å². The van der Waals surface area contributed by atoms with Crippen molar-refractivity contribution in [2.24, 2.45) is 0 Å². The first-order valence-corrected chi connectivity index (χ1v) is 6.26. The van der Waals surface area contributed by atoms with Gasteiger partial charge in [-0.1, -0.05) is 13.0 Å². The van der Waals surface area contributed by atoms with Crippen molar-refractivity contribution in [1.82, 2.24) is 14.8 Å². The molecule has 5 nitrogen and oxygen atoms in total. The van der Waals surface area contributed by atoms with Crippen LogP contribution in [0, 0.1) is 22.7 Å². The molecule has 88 valence electrons. The zero-order chi connectivity index (χ0) is 13.0. The van der Waals surface area contributed by atoms with Gasteiger partial charge in [-0.15, -0.1) is 16.9 Å². The van der Waals surface area contributed by atoms with Gasteiger partial charge < -0.3 is 0 Å². The highest BCUT2D eigenvalue weighted by molar-refractivity contribution is 7.99. The van der Waals surface area contributed by atoms with Crippen LogP contribution >= 0.6 is 11.8 Å². The van der Waals surface area contributed by atoms with E-state index in [2.05, 4.69) is 16.2 Å². The summed E-state index contributed by atoms with van der Waals surface area (Å²) in [6.45, 7) is 2.03. The fraction of sp³-hybridized carbons (Fsp3) is 0.167. The van der Waals surface area contributed by atoms with E-state index in [-0.39, 0.29) is 5.82 Å². The van der Waals surface area contributed by atoms with Crippen LogP contribution in [0.2, 0.25) is 0 Å². The molecule has 0 radical (unpaired) electrons. The summed E-state index contributed by atoms with van der Waals surface area (Å²) < 4.78 is 1.46. The van der Waals surface area contributed by atoms with Crippen molar-refractivity contribution in [1.29, 1.82) is 10.5 Å². The fourth-order valence-electron chi connectivity index (χ4n) is 1.53. The molecule has 0 aliphatic heterocycles. The van der Waals surface area contributed by atoms with Crippen molar-refractivity contribution < 1.29 is 0 Å². The summed E-state index contributed by atoms with van der Waals surface area (Å²) in [6.07, 6.45) is 1.44. The Morgan fingerprint density at radius 2 is 2.17 bits per heavy atom. The molecular formula is C12H9N5S. The zero-order valence-electron chi connectivity index (χ0n) is 9.66. The van der Waals surface area contributed by atoms with Crippen molar-refractivity contribution >= 4 is 11.8 Å². The molecule has 0 N–H and O–H groups in total. The zero-order valence-corrected chi connectivity index (χ0v) is 10.5. The van der Waals surface area contributed by atoms with E-state index in [9.17, 15) is 5.26 Å². The normalized spacial score (nSPS) is 9.72. The predicted octanol–water partition coefficient (Wildman–Crippen LogP) is 2.12. The van der Waals surface area contributed by atoms with Gasteiger partial charge in [-0.25, -0.2) is 9.67 Å². The number of benzene rings is 1. The van der Waals surface area contributed by atoms with Crippen LogP contribution in [0.15, 0.2) is 29.4 Å². The van der Waals surface area contributed by atoms with Gasteiger partial charge in [0.25, 0.3) is 5.82 Å². The molecule has 0 unspecified atom stereocenters. The Hall–Kier alpha value is -2.31. The van der Waals surface area contributed by atoms with E-state index in [0.29, 0.717) is 11.3 Å². The number of nitriles is 2. The van der Waals surface area contributed by atoms with Gasteiger partial charge in [0.1, 0.15) is 18.5 Å². The molecule has 0 spiro atoms. The van der Waals surface area contributed by atoms with E-state index in [4.69, 9.17) is 5.26 Å². The highest BCUT2D eigenvalue weighted by Crippen LogP contribution is 2.26. The summed E-state index contributed by atoms with van der Waals surface area (Å²) in [6, 6.07) is 9.60. The van der Waals surface area contributed by atoms with E-state index in [1.165, 1.54) is 11.0 Å². The van der Waals surface area contributed by atoms with E-state index in [1.54, 1.807) is 17.8 Å². The first kappa shape index (κ1) is 12.2. The number of thioether (sulfide) groups is 1. The highest BCUT2D eigenvalue weighted by atomic mass is 32.2. The molecule has 0 saturated carbocycles. The monoisotopic (exact) mass is 255 g/mol. The largest absolute Gasteiger partial charge is 0.252 e. The maximum atomic E-state index is 9.26. The van der Waals surface area contributed by atoms with E-state index >= 15 is 0 Å². The molecule has 0 aliphatic rings. The van der Waals surface area contributed by atoms with Crippen molar-refractivity contribution in [2.45, 2.75) is 11.8 Å². The quantitative estimate of drug-likeness (QED) is 0.785. The first-order valence-electron chi connectivity index (χ1n) is 5.28. The third-order valence-corrected chi connectivity index (χ3v) is 3.19. The van der Waals surface area contributed by atoms with Gasteiger partial charge in [-0.2, -0.15) is 10.5 Å². The summed E-state index contributed by atoms with van der Waals surface area (Å²) in [7, 11) is 0. The Balaban J connectivity index is 2.54. The second kappa shape index (κ2) is 5.35. The minimum atomic E-state index is 0.0902. The van der Waals surface area contributed by atoms with Crippen LogP contribution in [0.25, 0.3) is 5.69 Å². The SMILES string of the molecule is CCSc1cccc(-n2cnc(C#N)n2)c1C#N. The smallest absolute Gasteiger partial charge is 0.218 e. The van der Waals surface area contributed by atoms with E-state index in [0.717, 1.165) is 10.6 Å². The summed E-state index contributed by atoms with van der Waals surface area (Å²) in [5.74, 6) is 0.978. The van der Waals surface area contributed by atoms with Crippen molar-refractivity contribution in [3.8, 4) is 17.8 Å². The molecule has 1 heterocycles. The first-order chi connectivity index (χ1) is 8.80. The summed E-state index contributed by atoms with van der Waals surface area (Å²) in [5, 5.41) is 22.0. The van der Waals surface area contributed by atoms with Crippen molar-refractivity contribution in [3.63, 3.8) is 0 Å². The maximum Gasteiger partial charge on any atom is 0.252 e. The number of nitrogens with zero attached hydrogens (tertiary/aromatic N) is 5.